The van der Waals surface area contributed by atoms with E-state index < -0.39 is 6.04 Å². The van der Waals surface area contributed by atoms with Gasteiger partial charge >= 0.3 is 5.97 Å². The van der Waals surface area contributed by atoms with Crippen LogP contribution in [0.25, 0.3) is 0 Å². The zero-order valence-electron chi connectivity index (χ0n) is 12.6. The monoisotopic (exact) mass is 311 g/mol. The van der Waals surface area contributed by atoms with Gasteiger partial charge in [-0.05, 0) is 18.4 Å². The molecule has 1 aliphatic heterocycles. The first-order valence-electron chi connectivity index (χ1n) is 7.53. The quantitative estimate of drug-likeness (QED) is 0.805. The fraction of sp³-hybridized carbons (Fsp3) is 0.294. The minimum absolute atomic E-state index is 0.212. The summed E-state index contributed by atoms with van der Waals surface area (Å²) < 4.78 is 5.36. The Labute approximate surface area is 134 Å². The van der Waals surface area contributed by atoms with Crippen molar-refractivity contribution in [2.24, 2.45) is 0 Å². The van der Waals surface area contributed by atoms with Crippen LogP contribution in [0.15, 0.2) is 48.9 Å². The molecule has 0 radical (unpaired) electrons. The molecule has 118 valence electrons. The maximum absolute atomic E-state index is 12.5. The molecule has 23 heavy (non-hydrogen) atoms. The summed E-state index contributed by atoms with van der Waals surface area (Å²) in [6.07, 6.45) is 5.77. The normalized spacial score (nSPS) is 17.0. The van der Waals surface area contributed by atoms with E-state index in [9.17, 15) is 9.59 Å². The Bertz CT molecular complexity index is 676. The Morgan fingerprint density at radius 1 is 1.22 bits per heavy atom. The number of rotatable bonds is 4. The lowest BCUT2D eigenvalue weighted by Gasteiger charge is -2.22. The molecule has 1 fully saturated rings. The average Bonchev–Trinajstić information content (AvgIpc) is 3.10. The maximum Gasteiger partial charge on any atom is 0.329 e. The minimum atomic E-state index is -0.548. The molecule has 0 bridgehead atoms. The van der Waals surface area contributed by atoms with Crippen LogP contribution in [0.3, 0.4) is 0 Å². The van der Waals surface area contributed by atoms with Gasteiger partial charge in [0.1, 0.15) is 18.3 Å². The van der Waals surface area contributed by atoms with Gasteiger partial charge in [0.2, 0.25) is 0 Å². The molecule has 2 heterocycles. The zero-order chi connectivity index (χ0) is 16.1. The number of hydrogen-bond donors (Lipinski definition) is 0. The molecule has 3 rings (SSSR count). The fourth-order valence-electron chi connectivity index (χ4n) is 2.64. The topological polar surface area (TPSA) is 72.4 Å². The Morgan fingerprint density at radius 2 is 2.04 bits per heavy atom. The van der Waals surface area contributed by atoms with Crippen LogP contribution in [0.1, 0.15) is 28.9 Å². The lowest BCUT2D eigenvalue weighted by Crippen LogP contribution is -2.41. The first-order chi connectivity index (χ1) is 11.3. The van der Waals surface area contributed by atoms with Crippen molar-refractivity contribution in [3.05, 3.63) is 60.2 Å². The van der Waals surface area contributed by atoms with Crippen molar-refractivity contribution >= 4 is 11.9 Å². The highest BCUT2D eigenvalue weighted by Crippen LogP contribution is 2.21. The van der Waals surface area contributed by atoms with Gasteiger partial charge in [-0.1, -0.05) is 30.3 Å². The van der Waals surface area contributed by atoms with Gasteiger partial charge < -0.3 is 9.64 Å². The van der Waals surface area contributed by atoms with Crippen molar-refractivity contribution in [2.45, 2.75) is 25.5 Å². The molecule has 2 aromatic rings. The maximum atomic E-state index is 12.5. The second-order valence-electron chi connectivity index (χ2n) is 5.34. The first-order valence-corrected chi connectivity index (χ1v) is 7.53. The van der Waals surface area contributed by atoms with Gasteiger partial charge in [0, 0.05) is 18.9 Å². The molecule has 1 aromatic carbocycles. The summed E-state index contributed by atoms with van der Waals surface area (Å²) in [5, 5.41) is 0. The molecular formula is C17H17N3O3. The number of amides is 1. The van der Waals surface area contributed by atoms with Gasteiger partial charge in [-0.15, -0.1) is 0 Å². The minimum Gasteiger partial charge on any atom is -0.459 e. The van der Waals surface area contributed by atoms with E-state index in [4.69, 9.17) is 4.74 Å². The number of likely N-dealkylation sites (tertiary alicyclic amines) is 1. The molecule has 0 unspecified atom stereocenters. The van der Waals surface area contributed by atoms with Crippen molar-refractivity contribution in [2.75, 3.05) is 6.54 Å². The summed E-state index contributed by atoms with van der Waals surface area (Å²) in [4.78, 5) is 34.2. The zero-order valence-corrected chi connectivity index (χ0v) is 12.6. The average molecular weight is 311 g/mol. The molecule has 1 atom stereocenters. The largest absolute Gasteiger partial charge is 0.459 e. The van der Waals surface area contributed by atoms with E-state index >= 15 is 0 Å². The van der Waals surface area contributed by atoms with Crippen LogP contribution in [0.5, 0.6) is 0 Å². The van der Waals surface area contributed by atoms with Crippen molar-refractivity contribution in [3.63, 3.8) is 0 Å². The van der Waals surface area contributed by atoms with Crippen LogP contribution >= 0.6 is 0 Å². The number of benzene rings is 1. The van der Waals surface area contributed by atoms with Crippen LogP contribution < -0.4 is 0 Å². The van der Waals surface area contributed by atoms with Crippen LogP contribution in [-0.4, -0.2) is 39.3 Å². The highest BCUT2D eigenvalue weighted by molar-refractivity contribution is 5.95. The van der Waals surface area contributed by atoms with Gasteiger partial charge in [-0.25, -0.2) is 9.78 Å². The van der Waals surface area contributed by atoms with Gasteiger partial charge in [0.05, 0.1) is 6.20 Å². The van der Waals surface area contributed by atoms with E-state index in [2.05, 4.69) is 9.97 Å². The Balaban J connectivity index is 1.64. The Kier molecular flexibility index (Phi) is 4.61. The highest BCUT2D eigenvalue weighted by Gasteiger charge is 2.36. The Morgan fingerprint density at radius 3 is 2.78 bits per heavy atom. The third kappa shape index (κ3) is 3.53. The van der Waals surface area contributed by atoms with E-state index in [-0.39, 0.29) is 24.2 Å². The summed E-state index contributed by atoms with van der Waals surface area (Å²) in [5.74, 6) is -0.652. The smallest absolute Gasteiger partial charge is 0.329 e. The van der Waals surface area contributed by atoms with Gasteiger partial charge in [-0.2, -0.15) is 0 Å². The first kappa shape index (κ1) is 15.1. The molecule has 1 aliphatic rings. The highest BCUT2D eigenvalue weighted by atomic mass is 16.5. The molecule has 1 saturated heterocycles. The second kappa shape index (κ2) is 7.00. The predicted molar refractivity (Wildman–Crippen MR) is 82.3 cm³/mol. The van der Waals surface area contributed by atoms with Gasteiger partial charge in [-0.3, -0.25) is 9.78 Å². The predicted octanol–water partition coefficient (Wildman–Crippen LogP) is 1.82. The lowest BCUT2D eigenvalue weighted by atomic mass is 10.2. The number of nitrogens with zero attached hydrogens (tertiary/aromatic N) is 3. The number of esters is 1. The number of carbonyl (C=O) groups is 2. The van der Waals surface area contributed by atoms with E-state index in [0.717, 1.165) is 12.0 Å². The summed E-state index contributed by atoms with van der Waals surface area (Å²) >= 11 is 0. The van der Waals surface area contributed by atoms with Crippen molar-refractivity contribution in [1.82, 2.24) is 14.9 Å². The molecule has 6 nitrogen and oxygen atoms in total. The number of ether oxygens (including phenoxy) is 1. The molecule has 0 aliphatic carbocycles. The van der Waals surface area contributed by atoms with Crippen LogP contribution in [0.2, 0.25) is 0 Å². The lowest BCUT2D eigenvalue weighted by molar-refractivity contribution is -0.149. The van der Waals surface area contributed by atoms with Crippen LogP contribution in [0, 0.1) is 0 Å². The number of carbonyl (C=O) groups excluding carboxylic acids is 2. The Hall–Kier alpha value is -2.76. The van der Waals surface area contributed by atoms with E-state index in [1.165, 1.54) is 23.5 Å². The van der Waals surface area contributed by atoms with Crippen molar-refractivity contribution in [1.29, 1.82) is 0 Å². The third-order valence-corrected chi connectivity index (χ3v) is 3.79. The standard InChI is InChI=1S/C17H17N3O3/c21-16(14-11-18-8-9-19-14)20-10-4-7-15(20)17(22)23-12-13-5-2-1-3-6-13/h1-3,5-6,8-9,11,15H,4,7,10,12H2/t15-/m1/s1. The number of hydrogen-bond acceptors (Lipinski definition) is 5. The molecule has 6 heteroatoms. The molecule has 0 N–H and O–H groups in total. The third-order valence-electron chi connectivity index (χ3n) is 3.79. The molecule has 0 spiro atoms. The summed E-state index contributed by atoms with van der Waals surface area (Å²) in [6.45, 7) is 0.740. The number of aromatic nitrogens is 2. The molecule has 0 saturated carbocycles. The van der Waals surface area contributed by atoms with Crippen molar-refractivity contribution < 1.29 is 14.3 Å². The fourth-order valence-corrected chi connectivity index (χ4v) is 2.64. The van der Waals surface area contributed by atoms with Gasteiger partial charge in [0.15, 0.2) is 0 Å². The van der Waals surface area contributed by atoms with E-state index in [1.807, 2.05) is 30.3 Å². The van der Waals surface area contributed by atoms with Crippen molar-refractivity contribution in [3.8, 4) is 0 Å². The van der Waals surface area contributed by atoms with E-state index in [0.29, 0.717) is 13.0 Å². The summed E-state index contributed by atoms with van der Waals surface area (Å²) in [5.41, 5.74) is 1.17. The van der Waals surface area contributed by atoms with E-state index in [1.54, 1.807) is 0 Å². The van der Waals surface area contributed by atoms with Gasteiger partial charge in [0.25, 0.3) is 5.91 Å². The molecule has 1 aromatic heterocycles. The molecular weight excluding hydrogens is 294 g/mol. The summed E-state index contributed by atoms with van der Waals surface area (Å²) in [6, 6.07) is 8.93. The second-order valence-corrected chi connectivity index (χ2v) is 5.34. The van der Waals surface area contributed by atoms with Crippen LogP contribution in [-0.2, 0) is 16.1 Å². The summed E-state index contributed by atoms with van der Waals surface area (Å²) in [7, 11) is 0. The SMILES string of the molecule is O=C(OCc1ccccc1)[C@H]1CCCN1C(=O)c1cnccn1. The van der Waals surface area contributed by atoms with Crippen LogP contribution in [0.4, 0.5) is 0 Å². The molecule has 1 amide bonds.